The van der Waals surface area contributed by atoms with Crippen molar-refractivity contribution in [2.24, 2.45) is 5.92 Å². The van der Waals surface area contributed by atoms with Crippen molar-refractivity contribution in [3.05, 3.63) is 42.0 Å². The van der Waals surface area contributed by atoms with E-state index in [4.69, 9.17) is 0 Å². The number of hydrogen-bond donors (Lipinski definition) is 0. The van der Waals surface area contributed by atoms with Crippen LogP contribution in [0.1, 0.15) is 41.6 Å². The Morgan fingerprint density at radius 1 is 1.32 bits per heavy atom. The predicted octanol–water partition coefficient (Wildman–Crippen LogP) is 3.39. The predicted molar refractivity (Wildman–Crippen MR) is 78.2 cm³/mol. The van der Waals surface area contributed by atoms with Gasteiger partial charge in [-0.2, -0.15) is 0 Å². The van der Waals surface area contributed by atoms with E-state index in [0.717, 1.165) is 24.0 Å². The third kappa shape index (κ3) is 2.25. The Bertz CT molecular complexity index is 494. The first-order chi connectivity index (χ1) is 9.19. The fraction of sp³-hybridized carbons (Fsp3) is 0.471. The molecule has 0 radical (unpaired) electrons. The summed E-state index contributed by atoms with van der Waals surface area (Å²) in [5.41, 5.74) is 1.88. The van der Waals surface area contributed by atoms with Crippen LogP contribution in [0.4, 0.5) is 0 Å². The maximum atomic E-state index is 12.6. The number of carbonyl (C=O) groups excluding carboxylic acids is 1. The van der Waals surface area contributed by atoms with Gasteiger partial charge in [-0.15, -0.1) is 0 Å². The Labute approximate surface area is 115 Å². The highest BCUT2D eigenvalue weighted by Gasteiger charge is 2.40. The molecule has 0 spiro atoms. The molecule has 2 aliphatic rings. The fourth-order valence-electron chi connectivity index (χ4n) is 3.68. The molecule has 100 valence electrons. The summed E-state index contributed by atoms with van der Waals surface area (Å²) in [5.74, 6) is 0.544. The summed E-state index contributed by atoms with van der Waals surface area (Å²) in [7, 11) is 2.21. The van der Waals surface area contributed by atoms with Gasteiger partial charge in [0.05, 0.1) is 0 Å². The molecule has 2 bridgehead atoms. The van der Waals surface area contributed by atoms with E-state index in [2.05, 4.69) is 18.5 Å². The van der Waals surface area contributed by atoms with Crippen LogP contribution in [0.15, 0.2) is 30.8 Å². The van der Waals surface area contributed by atoms with E-state index < -0.39 is 0 Å². The van der Waals surface area contributed by atoms with E-state index in [0.29, 0.717) is 17.9 Å². The fourth-order valence-corrected chi connectivity index (χ4v) is 3.68. The zero-order valence-corrected chi connectivity index (χ0v) is 11.5. The maximum absolute atomic E-state index is 12.6. The smallest absolute Gasteiger partial charge is 0.166 e. The summed E-state index contributed by atoms with van der Waals surface area (Å²) >= 11 is 0. The van der Waals surface area contributed by atoms with E-state index >= 15 is 0 Å². The Hall–Kier alpha value is -1.41. The minimum atomic E-state index is 0.216. The van der Waals surface area contributed by atoms with Crippen LogP contribution in [-0.2, 0) is 0 Å². The van der Waals surface area contributed by atoms with E-state index in [1.165, 1.54) is 12.8 Å². The molecular formula is C17H21NO. The number of piperidine rings is 1. The molecule has 19 heavy (non-hydrogen) atoms. The number of rotatable bonds is 3. The quantitative estimate of drug-likeness (QED) is 0.772. The van der Waals surface area contributed by atoms with E-state index in [1.54, 1.807) is 6.08 Å². The molecule has 0 amide bonds. The lowest BCUT2D eigenvalue weighted by Gasteiger charge is -2.35. The Balaban J connectivity index is 1.79. The number of Topliss-reactive ketones (excluding diaryl/α,β-unsaturated/α-hetero) is 1. The minimum absolute atomic E-state index is 0.216. The lowest BCUT2D eigenvalue weighted by molar-refractivity contribution is 0.0767. The van der Waals surface area contributed by atoms with Crippen LogP contribution in [0.5, 0.6) is 0 Å². The molecular weight excluding hydrogens is 234 g/mol. The zero-order valence-electron chi connectivity index (χ0n) is 11.5. The van der Waals surface area contributed by atoms with Crippen LogP contribution >= 0.6 is 0 Å². The Morgan fingerprint density at radius 3 is 2.63 bits per heavy atom. The van der Waals surface area contributed by atoms with Crippen molar-refractivity contribution in [2.45, 2.75) is 37.8 Å². The molecule has 3 rings (SSSR count). The first-order valence-corrected chi connectivity index (χ1v) is 7.17. The molecule has 0 saturated carbocycles. The van der Waals surface area contributed by atoms with Crippen LogP contribution in [0.25, 0.3) is 6.08 Å². The summed E-state index contributed by atoms with van der Waals surface area (Å²) in [6.45, 7) is 3.77. The SMILES string of the molecule is C=Cc1cccc(C(=O)C2CC3CCC(C2)N3C)c1. The number of hydrogen-bond acceptors (Lipinski definition) is 2. The Morgan fingerprint density at radius 2 is 2.00 bits per heavy atom. The number of benzene rings is 1. The summed E-state index contributed by atoms with van der Waals surface area (Å²) in [6, 6.07) is 9.09. The molecule has 2 fully saturated rings. The normalized spacial score (nSPS) is 30.3. The van der Waals surface area contributed by atoms with Gasteiger partial charge in [0.15, 0.2) is 5.78 Å². The highest BCUT2D eigenvalue weighted by Crippen LogP contribution is 2.38. The van der Waals surface area contributed by atoms with Gasteiger partial charge < -0.3 is 4.90 Å². The minimum Gasteiger partial charge on any atom is -0.300 e. The largest absolute Gasteiger partial charge is 0.300 e. The van der Waals surface area contributed by atoms with Gasteiger partial charge in [0.1, 0.15) is 0 Å². The highest BCUT2D eigenvalue weighted by molar-refractivity contribution is 5.98. The molecule has 0 N–H and O–H groups in total. The molecule has 2 atom stereocenters. The molecule has 2 nitrogen and oxygen atoms in total. The average Bonchev–Trinajstić information content (AvgIpc) is 2.68. The van der Waals surface area contributed by atoms with Gasteiger partial charge in [0, 0.05) is 23.6 Å². The second-order valence-electron chi connectivity index (χ2n) is 5.91. The standard InChI is InChI=1S/C17H21NO/c1-3-12-5-4-6-13(9-12)17(19)14-10-15-7-8-16(11-14)18(15)2/h3-6,9,14-16H,1,7-8,10-11H2,2H3. The third-order valence-electron chi connectivity index (χ3n) is 4.88. The van der Waals surface area contributed by atoms with Gasteiger partial charge in [0.25, 0.3) is 0 Å². The van der Waals surface area contributed by atoms with Gasteiger partial charge in [-0.1, -0.05) is 30.9 Å². The van der Waals surface area contributed by atoms with E-state index in [1.807, 2.05) is 24.3 Å². The first kappa shape index (κ1) is 12.6. The second kappa shape index (κ2) is 4.93. The number of carbonyl (C=O) groups is 1. The second-order valence-corrected chi connectivity index (χ2v) is 5.91. The lowest BCUT2D eigenvalue weighted by Crippen LogP contribution is -2.42. The van der Waals surface area contributed by atoms with Crippen molar-refractivity contribution in [3.63, 3.8) is 0 Å². The molecule has 2 heteroatoms. The lowest BCUT2D eigenvalue weighted by atomic mass is 9.85. The number of fused-ring (bicyclic) bond motifs is 2. The Kier molecular flexibility index (Phi) is 3.28. The molecule has 0 aromatic heterocycles. The van der Waals surface area contributed by atoms with Crippen molar-refractivity contribution in [2.75, 3.05) is 7.05 Å². The van der Waals surface area contributed by atoms with Gasteiger partial charge >= 0.3 is 0 Å². The topological polar surface area (TPSA) is 20.3 Å². The van der Waals surface area contributed by atoms with E-state index in [9.17, 15) is 4.79 Å². The molecule has 1 aromatic carbocycles. The summed E-state index contributed by atoms with van der Waals surface area (Å²) in [4.78, 5) is 15.1. The van der Waals surface area contributed by atoms with Crippen LogP contribution < -0.4 is 0 Å². The molecule has 1 aromatic rings. The summed E-state index contributed by atoms with van der Waals surface area (Å²) in [5, 5.41) is 0. The van der Waals surface area contributed by atoms with E-state index in [-0.39, 0.29) is 5.92 Å². The van der Waals surface area contributed by atoms with Gasteiger partial charge in [0.2, 0.25) is 0 Å². The van der Waals surface area contributed by atoms with Gasteiger partial charge in [-0.25, -0.2) is 0 Å². The molecule has 2 saturated heterocycles. The molecule has 2 heterocycles. The van der Waals surface area contributed by atoms with Crippen LogP contribution in [0, 0.1) is 5.92 Å². The summed E-state index contributed by atoms with van der Waals surface area (Å²) < 4.78 is 0. The van der Waals surface area contributed by atoms with Crippen LogP contribution in [0.3, 0.4) is 0 Å². The van der Waals surface area contributed by atoms with Crippen molar-refractivity contribution >= 4 is 11.9 Å². The van der Waals surface area contributed by atoms with Crippen molar-refractivity contribution in [1.29, 1.82) is 0 Å². The maximum Gasteiger partial charge on any atom is 0.166 e. The number of nitrogens with zero attached hydrogens (tertiary/aromatic N) is 1. The number of ketones is 1. The zero-order chi connectivity index (χ0) is 13.4. The highest BCUT2D eigenvalue weighted by atomic mass is 16.1. The molecule has 0 aliphatic carbocycles. The summed E-state index contributed by atoms with van der Waals surface area (Å²) in [6.07, 6.45) is 6.39. The van der Waals surface area contributed by atoms with Crippen LogP contribution in [0.2, 0.25) is 0 Å². The third-order valence-corrected chi connectivity index (χ3v) is 4.88. The molecule has 2 unspecified atom stereocenters. The van der Waals surface area contributed by atoms with Crippen molar-refractivity contribution in [1.82, 2.24) is 4.90 Å². The van der Waals surface area contributed by atoms with Crippen LogP contribution in [-0.4, -0.2) is 29.8 Å². The van der Waals surface area contributed by atoms with Crippen molar-refractivity contribution < 1.29 is 4.79 Å². The average molecular weight is 255 g/mol. The first-order valence-electron chi connectivity index (χ1n) is 7.17. The van der Waals surface area contributed by atoms with Crippen molar-refractivity contribution in [3.8, 4) is 0 Å². The van der Waals surface area contributed by atoms with Gasteiger partial charge in [-0.05, 0) is 44.4 Å². The monoisotopic (exact) mass is 255 g/mol. The molecule has 2 aliphatic heterocycles. The van der Waals surface area contributed by atoms with Gasteiger partial charge in [-0.3, -0.25) is 4.79 Å².